The Morgan fingerprint density at radius 3 is 2.62 bits per heavy atom. The average molecular weight is 678 g/mol. The van der Waals surface area contributed by atoms with Gasteiger partial charge in [-0.2, -0.15) is 0 Å². The van der Waals surface area contributed by atoms with Crippen LogP contribution in [-0.4, -0.2) is 88.3 Å². The van der Waals surface area contributed by atoms with E-state index < -0.39 is 0 Å². The number of nitrogens with zero attached hydrogens (tertiary/aromatic N) is 10. The van der Waals surface area contributed by atoms with Crippen molar-refractivity contribution in [3.63, 3.8) is 0 Å². The molecule has 4 aromatic heterocycles. The second-order valence-electron chi connectivity index (χ2n) is 11.7. The van der Waals surface area contributed by atoms with Gasteiger partial charge in [0.2, 0.25) is 5.95 Å². The molecule has 1 atom stereocenters. The third-order valence-corrected chi connectivity index (χ3v) is 9.53. The van der Waals surface area contributed by atoms with Crippen LogP contribution in [0.3, 0.4) is 0 Å². The molecule has 0 spiro atoms. The van der Waals surface area contributed by atoms with E-state index in [4.69, 9.17) is 30.9 Å². The Labute approximate surface area is 281 Å². The van der Waals surface area contributed by atoms with E-state index in [-0.39, 0.29) is 6.10 Å². The molecule has 1 aromatic carbocycles. The lowest BCUT2D eigenvalue weighted by Gasteiger charge is -2.38. The fourth-order valence-corrected chi connectivity index (χ4v) is 6.72. The van der Waals surface area contributed by atoms with Crippen LogP contribution in [0.25, 0.3) is 11.1 Å². The number of rotatable bonds is 12. The maximum atomic E-state index is 6.46. The number of nitrogens with one attached hydrogen (secondary N) is 1. The molecule has 0 amide bonds. The van der Waals surface area contributed by atoms with Crippen LogP contribution in [0.15, 0.2) is 54.8 Å². The number of halogens is 1. The number of thiazole rings is 1. The Balaban J connectivity index is 1.03. The maximum absolute atomic E-state index is 6.46. The number of hydrogen-bond acceptors (Lipinski definition) is 13. The van der Waals surface area contributed by atoms with Gasteiger partial charge < -0.3 is 19.5 Å². The van der Waals surface area contributed by atoms with E-state index in [1.54, 1.807) is 46.3 Å². The Bertz CT molecular complexity index is 1710. The highest BCUT2D eigenvalue weighted by Crippen LogP contribution is 2.36. The first-order chi connectivity index (χ1) is 23.1. The van der Waals surface area contributed by atoms with Gasteiger partial charge in [0.1, 0.15) is 30.5 Å². The van der Waals surface area contributed by atoms with E-state index in [0.29, 0.717) is 47.8 Å². The zero-order valence-electron chi connectivity index (χ0n) is 26.0. The molecule has 1 saturated heterocycles. The van der Waals surface area contributed by atoms with E-state index in [1.807, 2.05) is 36.1 Å². The summed E-state index contributed by atoms with van der Waals surface area (Å²) in [5.41, 5.74) is 4.21. The molecule has 0 bridgehead atoms. The summed E-state index contributed by atoms with van der Waals surface area (Å²) in [6.45, 7) is 6.51. The molecular weight excluding hydrogens is 642 g/mol. The summed E-state index contributed by atoms with van der Waals surface area (Å²) in [6, 6.07) is 6.51. The third kappa shape index (κ3) is 7.87. The lowest BCUT2D eigenvalue weighted by Crippen LogP contribution is -2.45. The van der Waals surface area contributed by atoms with E-state index in [9.17, 15) is 0 Å². The SMILES string of the molecule is CC(Cn1cnnn1)Oc1cc(-c2cnc(Nc3cn(C4CCC(N5CCOCC5)CC4)nc3OCc3cncs3)nc2)ccc1Cl. The Kier molecular flexibility index (Phi) is 9.84. The monoisotopic (exact) mass is 677 g/mol. The number of morpholine rings is 1. The van der Waals surface area contributed by atoms with Gasteiger partial charge in [0, 0.05) is 43.3 Å². The minimum atomic E-state index is -0.206. The zero-order valence-corrected chi connectivity index (χ0v) is 27.6. The molecule has 1 unspecified atom stereocenters. The number of aromatic nitrogens is 9. The molecule has 1 saturated carbocycles. The van der Waals surface area contributed by atoms with Crippen LogP contribution in [0.1, 0.15) is 43.5 Å². The van der Waals surface area contributed by atoms with Crippen LogP contribution in [-0.2, 0) is 17.9 Å². The van der Waals surface area contributed by atoms with Gasteiger partial charge in [-0.25, -0.2) is 14.6 Å². The predicted molar refractivity (Wildman–Crippen MR) is 176 cm³/mol. The molecule has 16 heteroatoms. The van der Waals surface area contributed by atoms with Crippen molar-refractivity contribution < 1.29 is 14.2 Å². The van der Waals surface area contributed by atoms with Crippen molar-refractivity contribution in [2.75, 3.05) is 31.6 Å². The first-order valence-electron chi connectivity index (χ1n) is 15.7. The summed E-state index contributed by atoms with van der Waals surface area (Å²) in [7, 11) is 0. The van der Waals surface area contributed by atoms with Gasteiger partial charge >= 0.3 is 0 Å². The van der Waals surface area contributed by atoms with Crippen molar-refractivity contribution in [1.29, 1.82) is 0 Å². The smallest absolute Gasteiger partial charge is 0.257 e. The van der Waals surface area contributed by atoms with Gasteiger partial charge in [-0.1, -0.05) is 17.7 Å². The van der Waals surface area contributed by atoms with Gasteiger partial charge in [-0.15, -0.1) is 21.5 Å². The molecule has 5 heterocycles. The van der Waals surface area contributed by atoms with Crippen molar-refractivity contribution in [2.24, 2.45) is 0 Å². The number of ether oxygens (including phenoxy) is 3. The Hall–Kier alpha value is -4.18. The third-order valence-electron chi connectivity index (χ3n) is 8.46. The van der Waals surface area contributed by atoms with Crippen molar-refractivity contribution in [1.82, 2.24) is 49.8 Å². The summed E-state index contributed by atoms with van der Waals surface area (Å²) in [6.07, 6.45) is 13.1. The largest absolute Gasteiger partial charge is 0.487 e. The number of tetrazole rings is 1. The van der Waals surface area contributed by atoms with Gasteiger partial charge in [0.05, 0.1) is 47.4 Å². The number of hydrogen-bond donors (Lipinski definition) is 1. The van der Waals surface area contributed by atoms with Gasteiger partial charge in [0.25, 0.3) is 5.88 Å². The van der Waals surface area contributed by atoms with Crippen LogP contribution in [0, 0.1) is 0 Å². The van der Waals surface area contributed by atoms with Crippen LogP contribution in [0.2, 0.25) is 5.02 Å². The highest BCUT2D eigenvalue weighted by Gasteiger charge is 2.29. The normalized spacial score (nSPS) is 19.4. The average Bonchev–Trinajstić information content (AvgIpc) is 3.89. The molecule has 5 aromatic rings. The van der Waals surface area contributed by atoms with E-state index in [2.05, 4.69) is 40.7 Å². The van der Waals surface area contributed by atoms with E-state index in [1.165, 1.54) is 0 Å². The fourth-order valence-electron chi connectivity index (χ4n) is 6.05. The van der Waals surface area contributed by atoms with Gasteiger partial charge in [-0.05, 0) is 60.7 Å². The summed E-state index contributed by atoms with van der Waals surface area (Å²) >= 11 is 8.01. The predicted octanol–water partition coefficient (Wildman–Crippen LogP) is 5.04. The first kappa shape index (κ1) is 31.4. The maximum Gasteiger partial charge on any atom is 0.257 e. The highest BCUT2D eigenvalue weighted by atomic mass is 35.5. The minimum Gasteiger partial charge on any atom is -0.487 e. The van der Waals surface area contributed by atoms with Crippen LogP contribution >= 0.6 is 22.9 Å². The standard InChI is InChI=1S/C31H36ClN11O3S/c1-21(16-42-19-36-39-40-42)46-29-12-22(2-7-27(29)32)23-13-34-31(35-14-23)37-28-17-43(38-30(28)45-18-26-15-33-20-47-26)25-5-3-24(4-6-25)41-8-10-44-11-9-41/h2,7,12-15,17,19-21,24-25H,3-6,8-11,16,18H2,1H3,(H,34,35,37). The Morgan fingerprint density at radius 2 is 1.87 bits per heavy atom. The fraction of sp³-hybridized carbons (Fsp3) is 0.452. The van der Waals surface area contributed by atoms with E-state index in [0.717, 1.165) is 73.7 Å². The highest BCUT2D eigenvalue weighted by molar-refractivity contribution is 7.09. The molecular formula is C31H36ClN11O3S. The van der Waals surface area contributed by atoms with Crippen molar-refractivity contribution in [2.45, 2.75) is 63.9 Å². The number of anilines is 2. The molecule has 2 fully saturated rings. The quantitative estimate of drug-likeness (QED) is 0.189. The van der Waals surface area contributed by atoms with E-state index >= 15 is 0 Å². The molecule has 2 aliphatic rings. The molecule has 14 nitrogen and oxygen atoms in total. The first-order valence-corrected chi connectivity index (χ1v) is 17.0. The minimum absolute atomic E-state index is 0.206. The molecule has 7 rings (SSSR count). The van der Waals surface area contributed by atoms with Crippen molar-refractivity contribution in [3.05, 3.63) is 64.7 Å². The summed E-state index contributed by atoms with van der Waals surface area (Å²) in [5.74, 6) is 1.50. The van der Waals surface area contributed by atoms with Crippen LogP contribution in [0.5, 0.6) is 11.6 Å². The molecule has 246 valence electrons. The van der Waals surface area contributed by atoms with Crippen molar-refractivity contribution in [3.8, 4) is 22.8 Å². The molecule has 1 aliphatic carbocycles. The summed E-state index contributed by atoms with van der Waals surface area (Å²) < 4.78 is 21.5. The zero-order chi connectivity index (χ0) is 32.0. The molecule has 1 N–H and O–H groups in total. The van der Waals surface area contributed by atoms with Crippen LogP contribution < -0.4 is 14.8 Å². The molecule has 0 radical (unpaired) electrons. The summed E-state index contributed by atoms with van der Waals surface area (Å²) in [5, 5.41) is 20.0. The Morgan fingerprint density at radius 1 is 1.06 bits per heavy atom. The lowest BCUT2D eigenvalue weighted by molar-refractivity contribution is 0.00503. The topological polar surface area (TPSA) is 143 Å². The molecule has 1 aliphatic heterocycles. The number of benzene rings is 1. The van der Waals surface area contributed by atoms with Crippen molar-refractivity contribution >= 4 is 34.6 Å². The van der Waals surface area contributed by atoms with Gasteiger partial charge in [-0.3, -0.25) is 14.6 Å². The second-order valence-corrected chi connectivity index (χ2v) is 13.1. The van der Waals surface area contributed by atoms with Crippen LogP contribution in [0.4, 0.5) is 11.6 Å². The second kappa shape index (κ2) is 14.7. The lowest BCUT2D eigenvalue weighted by atomic mass is 9.90. The van der Waals surface area contributed by atoms with Gasteiger partial charge in [0.15, 0.2) is 0 Å². The summed E-state index contributed by atoms with van der Waals surface area (Å²) in [4.78, 5) is 17.0. The molecule has 47 heavy (non-hydrogen) atoms.